The van der Waals surface area contributed by atoms with E-state index in [0.717, 1.165) is 18.0 Å². The van der Waals surface area contributed by atoms with Crippen LogP contribution in [0.1, 0.15) is 14.5 Å². The molecule has 2 aromatic heterocycles. The Morgan fingerprint density at radius 3 is 2.90 bits per heavy atom. The third-order valence-corrected chi connectivity index (χ3v) is 4.85. The zero-order valence-electron chi connectivity index (χ0n) is 11.4. The van der Waals surface area contributed by atoms with E-state index in [2.05, 4.69) is 22.1 Å². The first kappa shape index (κ1) is 14.7. The lowest BCUT2D eigenvalue weighted by Crippen LogP contribution is -2.17. The number of carbonyl (C=O) groups is 1. The molecule has 0 aliphatic rings. The Morgan fingerprint density at radius 1 is 1.50 bits per heavy atom. The summed E-state index contributed by atoms with van der Waals surface area (Å²) in [6.45, 7) is 0.768. The van der Waals surface area contributed by atoms with Crippen LogP contribution in [0, 0.1) is 0 Å². The van der Waals surface area contributed by atoms with Crippen molar-refractivity contribution in [3.8, 4) is 5.75 Å². The highest BCUT2D eigenvalue weighted by atomic mass is 32.1. The number of hydrogen-bond acceptors (Lipinski definition) is 6. The summed E-state index contributed by atoms with van der Waals surface area (Å²) in [6, 6.07) is 4.13. The maximum atomic E-state index is 11.7. The lowest BCUT2D eigenvalue weighted by molar-refractivity contribution is 0.0967. The maximum absolute atomic E-state index is 11.7. The minimum absolute atomic E-state index is 0.197. The van der Waals surface area contributed by atoms with Gasteiger partial charge in [0.05, 0.1) is 7.11 Å². The van der Waals surface area contributed by atoms with Gasteiger partial charge in [-0.1, -0.05) is 6.07 Å². The molecule has 108 valence electrons. The van der Waals surface area contributed by atoms with Gasteiger partial charge in [-0.15, -0.1) is 22.7 Å². The summed E-state index contributed by atoms with van der Waals surface area (Å²) >= 11 is 3.04. The number of amides is 1. The van der Waals surface area contributed by atoms with E-state index in [1.165, 1.54) is 16.2 Å². The Morgan fingerprint density at radius 2 is 2.30 bits per heavy atom. The van der Waals surface area contributed by atoms with Gasteiger partial charge in [0.25, 0.3) is 5.91 Å². The molecule has 4 N–H and O–H groups in total. The number of carbonyl (C=O) groups excluding carboxylic acids is 1. The first-order chi connectivity index (χ1) is 9.67. The van der Waals surface area contributed by atoms with E-state index in [1.807, 2.05) is 6.07 Å². The molecule has 0 spiro atoms. The molecular weight excluding hydrogens is 294 g/mol. The van der Waals surface area contributed by atoms with Crippen molar-refractivity contribution < 1.29 is 9.53 Å². The van der Waals surface area contributed by atoms with E-state index in [4.69, 9.17) is 10.5 Å². The first-order valence-corrected chi connectivity index (χ1v) is 7.81. The van der Waals surface area contributed by atoms with Gasteiger partial charge >= 0.3 is 0 Å². The van der Waals surface area contributed by atoms with Gasteiger partial charge in [-0.3, -0.25) is 4.79 Å². The second-order valence-electron chi connectivity index (χ2n) is 4.04. The van der Waals surface area contributed by atoms with Gasteiger partial charge in [0.2, 0.25) is 0 Å². The average molecular weight is 311 g/mol. The molecule has 0 radical (unpaired) electrons. The fraction of sp³-hybridized carbons (Fsp3) is 0.308. The van der Waals surface area contributed by atoms with Crippen LogP contribution in [0.15, 0.2) is 17.5 Å². The van der Waals surface area contributed by atoms with Crippen molar-refractivity contribution in [2.75, 3.05) is 31.8 Å². The maximum Gasteiger partial charge on any atom is 0.263 e. The number of anilines is 2. The van der Waals surface area contributed by atoms with Crippen molar-refractivity contribution >= 4 is 39.3 Å². The average Bonchev–Trinajstić information content (AvgIpc) is 3.06. The van der Waals surface area contributed by atoms with Crippen molar-refractivity contribution in [3.63, 3.8) is 0 Å². The van der Waals surface area contributed by atoms with Gasteiger partial charge in [0.15, 0.2) is 5.75 Å². The molecule has 0 unspecified atom stereocenters. The second kappa shape index (κ2) is 6.62. The lowest BCUT2D eigenvalue weighted by atomic mass is 10.3. The molecular formula is C13H17N3O2S2. The summed E-state index contributed by atoms with van der Waals surface area (Å²) in [5.74, 6) is 0.344. The fourth-order valence-corrected chi connectivity index (χ4v) is 3.55. The van der Waals surface area contributed by atoms with Crippen molar-refractivity contribution in [3.05, 3.63) is 27.3 Å². The highest BCUT2D eigenvalue weighted by Crippen LogP contribution is 2.42. The molecule has 20 heavy (non-hydrogen) atoms. The largest absolute Gasteiger partial charge is 0.492 e. The Balaban J connectivity index is 2.08. The fourth-order valence-electron chi connectivity index (χ4n) is 1.78. The van der Waals surface area contributed by atoms with E-state index >= 15 is 0 Å². The highest BCUT2D eigenvalue weighted by molar-refractivity contribution is 7.19. The standard InChI is InChI=1S/C13H17N3O2S2/c1-15-12(17)11-9(14)10(18-2)13(20-11)16-6-5-8-4-3-7-19-8/h3-4,7,16H,5-6,14H2,1-2H3,(H,15,17). The third-order valence-electron chi connectivity index (χ3n) is 2.77. The van der Waals surface area contributed by atoms with Gasteiger partial charge in [-0.25, -0.2) is 0 Å². The van der Waals surface area contributed by atoms with Crippen molar-refractivity contribution in [2.24, 2.45) is 0 Å². The molecule has 0 bridgehead atoms. The number of hydrogen-bond donors (Lipinski definition) is 3. The normalized spacial score (nSPS) is 10.3. The van der Waals surface area contributed by atoms with Crippen molar-refractivity contribution in [1.29, 1.82) is 0 Å². The molecule has 2 aromatic rings. The number of nitrogen functional groups attached to an aromatic ring is 1. The van der Waals surface area contributed by atoms with E-state index in [9.17, 15) is 4.79 Å². The SMILES string of the molecule is CNC(=O)c1sc(NCCc2cccs2)c(OC)c1N. The van der Waals surface area contributed by atoms with Crippen molar-refractivity contribution in [2.45, 2.75) is 6.42 Å². The van der Waals surface area contributed by atoms with Gasteiger partial charge in [0.1, 0.15) is 15.6 Å². The van der Waals surface area contributed by atoms with E-state index in [0.29, 0.717) is 16.3 Å². The summed E-state index contributed by atoms with van der Waals surface area (Å²) in [5, 5.41) is 8.71. The predicted molar refractivity (Wildman–Crippen MR) is 85.2 cm³/mol. The predicted octanol–water partition coefficient (Wildman–Crippen LogP) is 2.41. The monoisotopic (exact) mass is 311 g/mol. The molecule has 0 aliphatic carbocycles. The molecule has 0 aromatic carbocycles. The number of nitrogens with one attached hydrogen (secondary N) is 2. The number of methoxy groups -OCH3 is 1. The number of ether oxygens (including phenoxy) is 1. The minimum Gasteiger partial charge on any atom is -0.492 e. The van der Waals surface area contributed by atoms with Gasteiger partial charge in [-0.2, -0.15) is 0 Å². The van der Waals surface area contributed by atoms with Crippen LogP contribution in [0.5, 0.6) is 5.75 Å². The number of nitrogens with two attached hydrogens (primary N) is 1. The van der Waals surface area contributed by atoms with Crippen LogP contribution in [0.2, 0.25) is 0 Å². The van der Waals surface area contributed by atoms with Gasteiger partial charge in [0, 0.05) is 18.5 Å². The zero-order valence-corrected chi connectivity index (χ0v) is 13.0. The molecule has 0 fully saturated rings. The second-order valence-corrected chi connectivity index (χ2v) is 6.10. The molecule has 2 heterocycles. The molecule has 7 heteroatoms. The summed E-state index contributed by atoms with van der Waals surface area (Å²) < 4.78 is 5.28. The number of thiophene rings is 2. The third kappa shape index (κ3) is 3.05. The van der Waals surface area contributed by atoms with Crippen LogP contribution in [-0.4, -0.2) is 26.6 Å². The topological polar surface area (TPSA) is 76.4 Å². The lowest BCUT2D eigenvalue weighted by Gasteiger charge is -2.06. The molecule has 2 rings (SSSR count). The molecule has 1 amide bonds. The minimum atomic E-state index is -0.197. The van der Waals surface area contributed by atoms with E-state index < -0.39 is 0 Å². The Labute approximate surface area is 125 Å². The summed E-state index contributed by atoms with van der Waals surface area (Å²) in [4.78, 5) is 13.5. The molecule has 5 nitrogen and oxygen atoms in total. The highest BCUT2D eigenvalue weighted by Gasteiger charge is 2.20. The quantitative estimate of drug-likeness (QED) is 0.766. The summed E-state index contributed by atoms with van der Waals surface area (Å²) in [6.07, 6.45) is 0.925. The van der Waals surface area contributed by atoms with E-state index in [1.54, 1.807) is 25.5 Å². The number of rotatable bonds is 6. The Kier molecular flexibility index (Phi) is 4.86. The van der Waals surface area contributed by atoms with Crippen LogP contribution in [0.4, 0.5) is 10.7 Å². The summed E-state index contributed by atoms with van der Waals surface area (Å²) in [7, 11) is 3.13. The van der Waals surface area contributed by atoms with Crippen LogP contribution >= 0.6 is 22.7 Å². The van der Waals surface area contributed by atoms with E-state index in [-0.39, 0.29) is 5.91 Å². The van der Waals surface area contributed by atoms with Crippen LogP contribution in [0.25, 0.3) is 0 Å². The van der Waals surface area contributed by atoms with Crippen LogP contribution in [0.3, 0.4) is 0 Å². The van der Waals surface area contributed by atoms with Gasteiger partial charge in [-0.05, 0) is 17.9 Å². The van der Waals surface area contributed by atoms with Crippen LogP contribution in [-0.2, 0) is 6.42 Å². The van der Waals surface area contributed by atoms with Crippen molar-refractivity contribution in [1.82, 2.24) is 5.32 Å². The first-order valence-electron chi connectivity index (χ1n) is 6.12. The molecule has 0 atom stereocenters. The van der Waals surface area contributed by atoms with Crippen LogP contribution < -0.4 is 21.1 Å². The summed E-state index contributed by atoms with van der Waals surface area (Å²) in [5.41, 5.74) is 6.33. The molecule has 0 saturated heterocycles. The molecule has 0 saturated carbocycles. The Bertz CT molecular complexity index is 579. The smallest absolute Gasteiger partial charge is 0.263 e. The molecule has 0 aliphatic heterocycles. The van der Waals surface area contributed by atoms with Gasteiger partial charge < -0.3 is 21.1 Å². The Hall–Kier alpha value is -1.73. The zero-order chi connectivity index (χ0) is 14.5.